The van der Waals surface area contributed by atoms with Crippen molar-refractivity contribution in [3.63, 3.8) is 0 Å². The third-order valence-electron chi connectivity index (χ3n) is 3.19. The second-order valence-electron chi connectivity index (χ2n) is 4.82. The molecule has 1 aromatic carbocycles. The lowest BCUT2D eigenvalue weighted by Gasteiger charge is -2.26. The topological polar surface area (TPSA) is 102 Å². The molecular weight excluding hydrogens is 286 g/mol. The molecule has 0 unspecified atom stereocenters. The molecule has 7 nitrogen and oxygen atoms in total. The molecule has 0 spiro atoms. The molecule has 0 bridgehead atoms. The van der Waals surface area contributed by atoms with Gasteiger partial charge in [0.25, 0.3) is 5.91 Å². The van der Waals surface area contributed by atoms with Crippen LogP contribution < -0.4 is 11.1 Å². The number of hydrogen-bond donors (Lipinski definition) is 2. The fourth-order valence-corrected chi connectivity index (χ4v) is 1.90. The molecule has 120 valence electrons. The summed E-state index contributed by atoms with van der Waals surface area (Å²) in [6.07, 6.45) is -1.11. The lowest BCUT2D eigenvalue weighted by atomic mass is 10.1. The Morgan fingerprint density at radius 1 is 1.27 bits per heavy atom. The van der Waals surface area contributed by atoms with Crippen LogP contribution >= 0.6 is 0 Å². The molecule has 1 aromatic rings. The molecule has 0 aliphatic heterocycles. The number of primary amides is 1. The number of ether oxygens (including phenoxy) is 1. The van der Waals surface area contributed by atoms with Crippen LogP contribution in [-0.2, 0) is 14.3 Å². The van der Waals surface area contributed by atoms with Gasteiger partial charge in [-0.2, -0.15) is 0 Å². The summed E-state index contributed by atoms with van der Waals surface area (Å²) in [6, 6.07) is 7.50. The minimum atomic E-state index is -1.11. The van der Waals surface area contributed by atoms with Gasteiger partial charge in [-0.3, -0.25) is 15.0 Å². The first-order valence-electron chi connectivity index (χ1n) is 6.92. The van der Waals surface area contributed by atoms with Gasteiger partial charge in [0, 0.05) is 0 Å². The molecule has 0 fully saturated rings. The molecule has 0 saturated heterocycles. The Kier molecular flexibility index (Phi) is 6.52. The number of hydrogen-bond acceptors (Lipinski definition) is 5. The van der Waals surface area contributed by atoms with Gasteiger partial charge >= 0.3 is 12.0 Å². The van der Waals surface area contributed by atoms with Crippen LogP contribution in [0.1, 0.15) is 25.5 Å². The SMILES string of the molecule is CCN(C)[C@@H](C(=O)O[C@H](C)C(=O)NC(N)=O)c1ccccc1. The van der Waals surface area contributed by atoms with Gasteiger partial charge < -0.3 is 10.5 Å². The number of rotatable bonds is 6. The molecule has 0 aliphatic carbocycles. The van der Waals surface area contributed by atoms with E-state index in [1.165, 1.54) is 6.92 Å². The van der Waals surface area contributed by atoms with Crippen molar-refractivity contribution in [1.82, 2.24) is 10.2 Å². The van der Waals surface area contributed by atoms with E-state index in [9.17, 15) is 14.4 Å². The Morgan fingerprint density at radius 2 is 1.86 bits per heavy atom. The molecule has 0 aliphatic rings. The van der Waals surface area contributed by atoms with Crippen molar-refractivity contribution in [2.24, 2.45) is 5.73 Å². The molecule has 0 heterocycles. The summed E-state index contributed by atoms with van der Waals surface area (Å²) in [5, 5.41) is 1.88. The number of benzene rings is 1. The van der Waals surface area contributed by atoms with Crippen LogP contribution in [0.3, 0.4) is 0 Å². The lowest BCUT2D eigenvalue weighted by molar-refractivity contribution is -0.159. The normalized spacial score (nSPS) is 13.3. The lowest BCUT2D eigenvalue weighted by Crippen LogP contribution is -2.43. The summed E-state index contributed by atoms with van der Waals surface area (Å²) >= 11 is 0. The molecule has 22 heavy (non-hydrogen) atoms. The maximum atomic E-state index is 12.4. The van der Waals surface area contributed by atoms with E-state index in [2.05, 4.69) is 0 Å². The number of nitrogens with two attached hydrogens (primary N) is 1. The minimum absolute atomic E-state index is 0.567. The van der Waals surface area contributed by atoms with Crippen molar-refractivity contribution in [2.75, 3.05) is 13.6 Å². The van der Waals surface area contributed by atoms with Crippen LogP contribution in [-0.4, -0.2) is 42.5 Å². The van der Waals surface area contributed by atoms with Gasteiger partial charge in [-0.05, 0) is 26.1 Å². The number of carbonyl (C=O) groups excluding carboxylic acids is 3. The number of nitrogens with one attached hydrogen (secondary N) is 1. The fraction of sp³-hybridized carbons (Fsp3) is 0.400. The number of urea groups is 1. The van der Waals surface area contributed by atoms with Crippen LogP contribution in [0.25, 0.3) is 0 Å². The zero-order valence-corrected chi connectivity index (χ0v) is 12.9. The zero-order valence-electron chi connectivity index (χ0n) is 12.9. The van der Waals surface area contributed by atoms with Gasteiger partial charge in [0.2, 0.25) is 0 Å². The fourth-order valence-electron chi connectivity index (χ4n) is 1.90. The number of esters is 1. The summed E-state index contributed by atoms with van der Waals surface area (Å²) < 4.78 is 5.15. The van der Waals surface area contributed by atoms with Crippen molar-refractivity contribution in [1.29, 1.82) is 0 Å². The Balaban J connectivity index is 2.85. The van der Waals surface area contributed by atoms with E-state index in [0.29, 0.717) is 6.54 Å². The van der Waals surface area contributed by atoms with E-state index in [1.807, 2.05) is 42.6 Å². The third-order valence-corrected chi connectivity index (χ3v) is 3.19. The summed E-state index contributed by atoms with van der Waals surface area (Å²) in [6.45, 7) is 3.91. The molecule has 1 rings (SSSR count). The largest absolute Gasteiger partial charge is 0.451 e. The Bertz CT molecular complexity index is 533. The van der Waals surface area contributed by atoms with Gasteiger partial charge in [-0.25, -0.2) is 9.59 Å². The van der Waals surface area contributed by atoms with Crippen molar-refractivity contribution in [2.45, 2.75) is 26.0 Å². The average Bonchev–Trinajstić information content (AvgIpc) is 2.47. The third kappa shape index (κ3) is 4.85. The molecule has 2 atom stereocenters. The Labute approximate surface area is 129 Å². The standard InChI is InChI=1S/C15H21N3O4/c1-4-18(3)12(11-8-6-5-7-9-11)14(20)22-10(2)13(19)17-15(16)21/h5-10,12H,4H2,1-3H3,(H3,16,17,19,21)/t10-,12-/m1/s1. The zero-order chi connectivity index (χ0) is 16.7. The first kappa shape index (κ1) is 17.6. The van der Waals surface area contributed by atoms with Gasteiger partial charge in [0.1, 0.15) is 6.04 Å². The van der Waals surface area contributed by atoms with Crippen LogP contribution in [0.2, 0.25) is 0 Å². The van der Waals surface area contributed by atoms with Crippen LogP contribution in [0, 0.1) is 0 Å². The van der Waals surface area contributed by atoms with Crippen molar-refractivity contribution < 1.29 is 19.1 Å². The number of imide groups is 1. The van der Waals surface area contributed by atoms with Gasteiger partial charge in [-0.1, -0.05) is 37.3 Å². The molecule has 3 amide bonds. The minimum Gasteiger partial charge on any atom is -0.451 e. The molecular formula is C15H21N3O4. The predicted octanol–water partition coefficient (Wildman–Crippen LogP) is 0.806. The number of likely N-dealkylation sites (N-methyl/N-ethyl adjacent to an activating group) is 1. The molecule has 3 N–H and O–H groups in total. The monoisotopic (exact) mass is 307 g/mol. The van der Waals surface area contributed by atoms with E-state index in [-0.39, 0.29) is 0 Å². The maximum absolute atomic E-state index is 12.4. The first-order chi connectivity index (χ1) is 10.4. The summed E-state index contributed by atoms with van der Waals surface area (Å²) in [4.78, 5) is 36.4. The van der Waals surface area contributed by atoms with Crippen molar-refractivity contribution in [3.8, 4) is 0 Å². The summed E-state index contributed by atoms with van der Waals surface area (Å²) in [5.74, 6) is -1.32. The highest BCUT2D eigenvalue weighted by molar-refractivity contribution is 5.96. The second kappa shape index (κ2) is 8.14. The van der Waals surface area contributed by atoms with Gasteiger partial charge in [0.05, 0.1) is 0 Å². The van der Waals surface area contributed by atoms with E-state index >= 15 is 0 Å². The van der Waals surface area contributed by atoms with E-state index in [0.717, 1.165) is 5.56 Å². The van der Waals surface area contributed by atoms with Crippen molar-refractivity contribution in [3.05, 3.63) is 35.9 Å². The molecule has 0 radical (unpaired) electrons. The second-order valence-corrected chi connectivity index (χ2v) is 4.82. The number of carbonyl (C=O) groups is 3. The highest BCUT2D eigenvalue weighted by atomic mass is 16.5. The predicted molar refractivity (Wildman–Crippen MR) is 80.8 cm³/mol. The average molecular weight is 307 g/mol. The Hall–Kier alpha value is -2.41. The summed E-state index contributed by atoms with van der Waals surface area (Å²) in [5.41, 5.74) is 5.63. The summed E-state index contributed by atoms with van der Waals surface area (Å²) in [7, 11) is 1.78. The quantitative estimate of drug-likeness (QED) is 0.757. The van der Waals surface area contributed by atoms with Crippen molar-refractivity contribution >= 4 is 17.9 Å². The highest BCUT2D eigenvalue weighted by Gasteiger charge is 2.29. The molecule has 7 heteroatoms. The van der Waals surface area contributed by atoms with Crippen LogP contribution in [0.5, 0.6) is 0 Å². The first-order valence-corrected chi connectivity index (χ1v) is 6.92. The van der Waals surface area contributed by atoms with Crippen LogP contribution in [0.4, 0.5) is 4.79 Å². The Morgan fingerprint density at radius 3 is 2.36 bits per heavy atom. The molecule has 0 saturated carbocycles. The van der Waals surface area contributed by atoms with Crippen LogP contribution in [0.15, 0.2) is 30.3 Å². The smallest absolute Gasteiger partial charge is 0.328 e. The van der Waals surface area contributed by atoms with Gasteiger partial charge in [-0.15, -0.1) is 0 Å². The van der Waals surface area contributed by atoms with E-state index < -0.39 is 30.1 Å². The molecule has 0 aromatic heterocycles. The van der Waals surface area contributed by atoms with E-state index in [1.54, 1.807) is 11.9 Å². The van der Waals surface area contributed by atoms with E-state index in [4.69, 9.17) is 10.5 Å². The highest BCUT2D eigenvalue weighted by Crippen LogP contribution is 2.21. The maximum Gasteiger partial charge on any atom is 0.328 e. The number of nitrogens with zero attached hydrogens (tertiary/aromatic N) is 1. The van der Waals surface area contributed by atoms with Gasteiger partial charge in [0.15, 0.2) is 6.10 Å². The number of amides is 3.